The number of benzene rings is 2. The molecular formula is C14H14ClFN2O2S. The molecule has 2 aromatic rings. The van der Waals surface area contributed by atoms with E-state index >= 15 is 0 Å². The zero-order valence-corrected chi connectivity index (χ0v) is 12.8. The Bertz CT molecular complexity index is 779. The molecule has 2 rings (SSSR count). The van der Waals surface area contributed by atoms with E-state index < -0.39 is 15.8 Å². The van der Waals surface area contributed by atoms with Gasteiger partial charge in [-0.1, -0.05) is 24.6 Å². The Kier molecular flexibility index (Phi) is 4.39. The topological polar surface area (TPSA) is 72.2 Å². The van der Waals surface area contributed by atoms with Crippen molar-refractivity contribution in [1.29, 1.82) is 0 Å². The second kappa shape index (κ2) is 5.91. The van der Waals surface area contributed by atoms with Crippen LogP contribution in [-0.2, 0) is 16.4 Å². The van der Waals surface area contributed by atoms with Gasteiger partial charge in [0, 0.05) is 5.69 Å². The summed E-state index contributed by atoms with van der Waals surface area (Å²) in [6, 6.07) is 7.94. The molecule has 0 spiro atoms. The number of nitrogens with two attached hydrogens (primary N) is 1. The van der Waals surface area contributed by atoms with E-state index in [0.717, 1.165) is 17.7 Å². The molecule has 0 fully saturated rings. The zero-order chi connectivity index (χ0) is 15.6. The van der Waals surface area contributed by atoms with Gasteiger partial charge < -0.3 is 5.73 Å². The summed E-state index contributed by atoms with van der Waals surface area (Å²) in [5.41, 5.74) is 7.19. The molecule has 21 heavy (non-hydrogen) atoms. The largest absolute Gasteiger partial charge is 0.398 e. The van der Waals surface area contributed by atoms with Crippen molar-refractivity contribution < 1.29 is 12.8 Å². The summed E-state index contributed by atoms with van der Waals surface area (Å²) in [6.07, 6.45) is 0.712. The van der Waals surface area contributed by atoms with Crippen LogP contribution in [0, 0.1) is 5.82 Å². The average Bonchev–Trinajstić information content (AvgIpc) is 2.42. The third kappa shape index (κ3) is 3.46. The summed E-state index contributed by atoms with van der Waals surface area (Å²) < 4.78 is 39.8. The van der Waals surface area contributed by atoms with Crippen molar-refractivity contribution in [3.05, 3.63) is 52.8 Å². The normalized spacial score (nSPS) is 11.4. The molecule has 0 atom stereocenters. The minimum atomic E-state index is -3.83. The molecule has 0 aliphatic rings. The lowest BCUT2D eigenvalue weighted by atomic mass is 10.1. The van der Waals surface area contributed by atoms with Gasteiger partial charge in [-0.25, -0.2) is 12.8 Å². The monoisotopic (exact) mass is 328 g/mol. The molecule has 7 heteroatoms. The van der Waals surface area contributed by atoms with Gasteiger partial charge in [-0.3, -0.25) is 4.72 Å². The second-order valence-electron chi connectivity index (χ2n) is 4.44. The van der Waals surface area contributed by atoms with E-state index in [1.165, 1.54) is 18.2 Å². The molecule has 0 aliphatic carbocycles. The molecule has 0 heterocycles. The van der Waals surface area contributed by atoms with Gasteiger partial charge in [-0.15, -0.1) is 0 Å². The summed E-state index contributed by atoms with van der Waals surface area (Å²) in [4.78, 5) is 0.0255. The van der Waals surface area contributed by atoms with Gasteiger partial charge >= 0.3 is 0 Å². The highest BCUT2D eigenvalue weighted by atomic mass is 35.5. The van der Waals surface area contributed by atoms with Gasteiger partial charge in [0.2, 0.25) is 0 Å². The van der Waals surface area contributed by atoms with Gasteiger partial charge in [-0.05, 0) is 42.3 Å². The number of aryl methyl sites for hydroxylation is 1. The van der Waals surface area contributed by atoms with Crippen LogP contribution in [0.25, 0.3) is 0 Å². The predicted octanol–water partition coefficient (Wildman–Crippen LogP) is 3.42. The highest BCUT2D eigenvalue weighted by Crippen LogP contribution is 2.26. The quantitative estimate of drug-likeness (QED) is 0.845. The summed E-state index contributed by atoms with van der Waals surface area (Å²) >= 11 is 5.81. The molecule has 0 amide bonds. The number of halogens is 2. The minimum absolute atomic E-state index is 0.0169. The van der Waals surface area contributed by atoms with E-state index in [-0.39, 0.29) is 15.6 Å². The van der Waals surface area contributed by atoms with Crippen LogP contribution in [0.1, 0.15) is 12.5 Å². The van der Waals surface area contributed by atoms with Crippen LogP contribution in [0.3, 0.4) is 0 Å². The van der Waals surface area contributed by atoms with Gasteiger partial charge in [-0.2, -0.15) is 0 Å². The third-order valence-corrected chi connectivity index (χ3v) is 4.66. The second-order valence-corrected chi connectivity index (χ2v) is 6.53. The van der Waals surface area contributed by atoms with E-state index in [1.54, 1.807) is 6.07 Å². The Labute approximate surface area is 127 Å². The fraction of sp³-hybridized carbons (Fsp3) is 0.143. The van der Waals surface area contributed by atoms with E-state index in [1.807, 2.05) is 6.92 Å². The molecule has 0 unspecified atom stereocenters. The average molecular weight is 329 g/mol. The van der Waals surface area contributed by atoms with E-state index in [9.17, 15) is 12.8 Å². The maximum Gasteiger partial charge on any atom is 0.262 e. The molecule has 2 aromatic carbocycles. The Balaban J connectivity index is 2.36. The van der Waals surface area contributed by atoms with Crippen molar-refractivity contribution in [2.45, 2.75) is 18.2 Å². The Morgan fingerprint density at radius 1 is 1.24 bits per heavy atom. The van der Waals surface area contributed by atoms with Crippen LogP contribution in [0.4, 0.5) is 15.8 Å². The molecule has 0 radical (unpaired) electrons. The van der Waals surface area contributed by atoms with Crippen LogP contribution in [0.5, 0.6) is 0 Å². The standard InChI is InChI=1S/C14H14ClFN2O2S/c1-2-9-3-5-11(8-13(9)17)21(19,20)18-14-6-4-10(16)7-12(14)15/h3-8,18H,2,17H2,1H3. The smallest absolute Gasteiger partial charge is 0.262 e. The van der Waals surface area contributed by atoms with E-state index in [0.29, 0.717) is 12.1 Å². The minimum Gasteiger partial charge on any atom is -0.398 e. The number of hydrogen-bond acceptors (Lipinski definition) is 3. The number of nitrogens with one attached hydrogen (secondary N) is 1. The van der Waals surface area contributed by atoms with Crippen LogP contribution in [0.2, 0.25) is 5.02 Å². The van der Waals surface area contributed by atoms with Crippen molar-refractivity contribution in [1.82, 2.24) is 0 Å². The summed E-state index contributed by atoms with van der Waals surface area (Å²) in [5.74, 6) is -0.542. The molecule has 112 valence electrons. The molecule has 3 N–H and O–H groups in total. The van der Waals surface area contributed by atoms with Crippen LogP contribution in [-0.4, -0.2) is 8.42 Å². The van der Waals surface area contributed by atoms with Crippen LogP contribution >= 0.6 is 11.6 Å². The van der Waals surface area contributed by atoms with Gasteiger partial charge in [0.05, 0.1) is 15.6 Å². The van der Waals surface area contributed by atoms with Gasteiger partial charge in [0.25, 0.3) is 10.0 Å². The molecule has 0 saturated carbocycles. The van der Waals surface area contributed by atoms with Crippen LogP contribution in [0.15, 0.2) is 41.3 Å². The van der Waals surface area contributed by atoms with Crippen molar-refractivity contribution in [2.75, 3.05) is 10.5 Å². The fourth-order valence-corrected chi connectivity index (χ4v) is 3.22. The Hall–Kier alpha value is -1.79. The first-order chi connectivity index (χ1) is 9.83. The summed E-state index contributed by atoms with van der Waals surface area (Å²) in [6.45, 7) is 1.93. The first-order valence-electron chi connectivity index (χ1n) is 6.19. The number of nitrogen functional groups attached to an aromatic ring is 1. The lowest BCUT2D eigenvalue weighted by Crippen LogP contribution is -2.14. The van der Waals surface area contributed by atoms with E-state index in [2.05, 4.69) is 4.72 Å². The zero-order valence-electron chi connectivity index (χ0n) is 11.2. The lowest BCUT2D eigenvalue weighted by molar-refractivity contribution is 0.601. The summed E-state index contributed by atoms with van der Waals surface area (Å²) in [5, 5.41) is -0.0169. The van der Waals surface area contributed by atoms with Crippen molar-refractivity contribution >= 4 is 33.0 Å². The molecule has 0 bridgehead atoms. The highest BCUT2D eigenvalue weighted by molar-refractivity contribution is 7.92. The molecule has 4 nitrogen and oxygen atoms in total. The van der Waals surface area contributed by atoms with Crippen molar-refractivity contribution in [3.8, 4) is 0 Å². The predicted molar refractivity (Wildman–Crippen MR) is 82.5 cm³/mol. The van der Waals surface area contributed by atoms with Gasteiger partial charge in [0.1, 0.15) is 5.82 Å². The van der Waals surface area contributed by atoms with Crippen molar-refractivity contribution in [2.24, 2.45) is 0 Å². The molecule has 0 saturated heterocycles. The first-order valence-corrected chi connectivity index (χ1v) is 8.06. The highest BCUT2D eigenvalue weighted by Gasteiger charge is 2.17. The molecule has 0 aromatic heterocycles. The maximum absolute atomic E-state index is 13.0. The SMILES string of the molecule is CCc1ccc(S(=O)(=O)Nc2ccc(F)cc2Cl)cc1N. The fourth-order valence-electron chi connectivity index (χ4n) is 1.84. The van der Waals surface area contributed by atoms with Crippen molar-refractivity contribution in [3.63, 3.8) is 0 Å². The summed E-state index contributed by atoms with van der Waals surface area (Å²) in [7, 11) is -3.83. The molecule has 0 aliphatic heterocycles. The lowest BCUT2D eigenvalue weighted by Gasteiger charge is -2.11. The van der Waals surface area contributed by atoms with Crippen LogP contribution < -0.4 is 10.5 Å². The Morgan fingerprint density at radius 2 is 1.95 bits per heavy atom. The number of sulfonamides is 1. The number of hydrogen-bond donors (Lipinski definition) is 2. The third-order valence-electron chi connectivity index (χ3n) is 2.98. The first kappa shape index (κ1) is 15.6. The number of anilines is 2. The maximum atomic E-state index is 13.0. The van der Waals surface area contributed by atoms with E-state index in [4.69, 9.17) is 17.3 Å². The number of rotatable bonds is 4. The Morgan fingerprint density at radius 3 is 2.52 bits per heavy atom. The van der Waals surface area contributed by atoms with Gasteiger partial charge in [0.15, 0.2) is 0 Å². The molecular weight excluding hydrogens is 315 g/mol.